The Kier molecular flexibility index (Phi) is 16.7. The van der Waals surface area contributed by atoms with Crippen LogP contribution in [-0.2, 0) is 4.79 Å². The smallest absolute Gasteiger partial charge is 0.217 e. The predicted octanol–water partition coefficient (Wildman–Crippen LogP) is 5.30. The molecule has 20 heavy (non-hydrogen) atoms. The van der Waals surface area contributed by atoms with Gasteiger partial charge in [-0.05, 0) is 30.8 Å². The van der Waals surface area contributed by atoms with Crippen molar-refractivity contribution in [2.45, 2.75) is 90.4 Å². The molecule has 0 radical (unpaired) electrons. The van der Waals surface area contributed by atoms with Crippen LogP contribution < -0.4 is 5.73 Å². The van der Waals surface area contributed by atoms with Crippen LogP contribution in [-0.4, -0.2) is 17.4 Å². The second-order valence-electron chi connectivity index (χ2n) is 5.72. The lowest BCUT2D eigenvalue weighted by Gasteiger charge is -2.03. The summed E-state index contributed by atoms with van der Waals surface area (Å²) in [6.45, 7) is 2.27. The van der Waals surface area contributed by atoms with E-state index in [4.69, 9.17) is 5.73 Å². The lowest BCUT2D eigenvalue weighted by Crippen LogP contribution is -2.09. The van der Waals surface area contributed by atoms with E-state index in [1.807, 2.05) is 11.8 Å². The Balaban J connectivity index is 2.94. The summed E-state index contributed by atoms with van der Waals surface area (Å²) in [5, 5.41) is 0. The van der Waals surface area contributed by atoms with Crippen molar-refractivity contribution < 1.29 is 4.79 Å². The molecular weight excluding hydrogens is 266 g/mol. The van der Waals surface area contributed by atoms with Crippen LogP contribution in [0.25, 0.3) is 0 Å². The van der Waals surface area contributed by atoms with E-state index in [1.54, 1.807) is 0 Å². The van der Waals surface area contributed by atoms with Crippen molar-refractivity contribution in [3.05, 3.63) is 0 Å². The molecule has 1 amide bonds. The largest absolute Gasteiger partial charge is 0.370 e. The van der Waals surface area contributed by atoms with Crippen LogP contribution in [0.2, 0.25) is 0 Å². The predicted molar refractivity (Wildman–Crippen MR) is 92.2 cm³/mol. The van der Waals surface area contributed by atoms with Gasteiger partial charge in [-0.3, -0.25) is 4.79 Å². The van der Waals surface area contributed by atoms with Crippen LogP contribution in [0.3, 0.4) is 0 Å². The third kappa shape index (κ3) is 17.8. The maximum absolute atomic E-state index is 10.5. The molecule has 120 valence electrons. The summed E-state index contributed by atoms with van der Waals surface area (Å²) in [5.41, 5.74) is 5.10. The molecule has 0 saturated heterocycles. The maximum Gasteiger partial charge on any atom is 0.217 e. The lowest BCUT2D eigenvalue weighted by atomic mass is 10.1. The van der Waals surface area contributed by atoms with Crippen molar-refractivity contribution in [2.24, 2.45) is 5.73 Å². The van der Waals surface area contributed by atoms with Gasteiger partial charge in [0.05, 0.1) is 0 Å². The van der Waals surface area contributed by atoms with Gasteiger partial charge in [-0.25, -0.2) is 0 Å². The Morgan fingerprint density at radius 3 is 1.70 bits per heavy atom. The Morgan fingerprint density at radius 1 is 0.750 bits per heavy atom. The van der Waals surface area contributed by atoms with E-state index in [-0.39, 0.29) is 5.91 Å². The van der Waals surface area contributed by atoms with Gasteiger partial charge in [-0.2, -0.15) is 11.8 Å². The first-order valence-electron chi connectivity index (χ1n) is 8.63. The van der Waals surface area contributed by atoms with Gasteiger partial charge in [0.2, 0.25) is 5.91 Å². The van der Waals surface area contributed by atoms with Gasteiger partial charge in [0.15, 0.2) is 0 Å². The molecule has 0 spiro atoms. The standard InChI is InChI=1S/C17H35NOS/c1-2-3-4-5-6-7-8-9-10-12-15-20-16-13-11-14-17(18)19/h2-16H2,1H3,(H2,18,19). The minimum atomic E-state index is -0.162. The van der Waals surface area contributed by atoms with Gasteiger partial charge in [0.1, 0.15) is 0 Å². The summed E-state index contributed by atoms with van der Waals surface area (Å²) in [4.78, 5) is 10.5. The molecule has 0 fully saturated rings. The molecule has 0 rings (SSSR count). The van der Waals surface area contributed by atoms with Crippen LogP contribution in [0.1, 0.15) is 90.4 Å². The third-order valence-corrected chi connectivity index (χ3v) is 4.76. The van der Waals surface area contributed by atoms with Gasteiger partial charge < -0.3 is 5.73 Å². The van der Waals surface area contributed by atoms with Gasteiger partial charge in [-0.1, -0.05) is 64.7 Å². The fourth-order valence-corrected chi connectivity index (χ4v) is 3.32. The van der Waals surface area contributed by atoms with Crippen LogP contribution in [0.5, 0.6) is 0 Å². The molecule has 3 heteroatoms. The number of unbranched alkanes of at least 4 members (excludes halogenated alkanes) is 10. The number of nitrogens with two attached hydrogens (primary N) is 1. The summed E-state index contributed by atoms with van der Waals surface area (Å²) in [6, 6.07) is 0. The number of primary amides is 1. The topological polar surface area (TPSA) is 43.1 Å². The Labute approximate surface area is 130 Å². The van der Waals surface area contributed by atoms with E-state index in [0.717, 1.165) is 12.8 Å². The van der Waals surface area contributed by atoms with E-state index in [0.29, 0.717) is 6.42 Å². The number of rotatable bonds is 16. The van der Waals surface area contributed by atoms with E-state index < -0.39 is 0 Å². The average Bonchev–Trinajstić information content (AvgIpc) is 2.43. The van der Waals surface area contributed by atoms with Crippen LogP contribution in [0.15, 0.2) is 0 Å². The summed E-state index contributed by atoms with van der Waals surface area (Å²) in [7, 11) is 0. The number of hydrogen-bond donors (Lipinski definition) is 1. The van der Waals surface area contributed by atoms with Crippen LogP contribution in [0, 0.1) is 0 Å². The third-order valence-electron chi connectivity index (χ3n) is 3.60. The van der Waals surface area contributed by atoms with E-state index in [1.165, 1.54) is 75.7 Å². The molecule has 0 aromatic rings. The second kappa shape index (κ2) is 16.9. The van der Waals surface area contributed by atoms with Gasteiger partial charge in [-0.15, -0.1) is 0 Å². The summed E-state index contributed by atoms with van der Waals surface area (Å²) in [5.74, 6) is 2.31. The highest BCUT2D eigenvalue weighted by molar-refractivity contribution is 7.99. The first-order valence-corrected chi connectivity index (χ1v) is 9.79. The number of thioether (sulfide) groups is 1. The van der Waals surface area contributed by atoms with Crippen molar-refractivity contribution in [2.75, 3.05) is 11.5 Å². The van der Waals surface area contributed by atoms with Gasteiger partial charge in [0, 0.05) is 6.42 Å². The SMILES string of the molecule is CCCCCCCCCCCCSCCCCC(N)=O. The lowest BCUT2D eigenvalue weighted by molar-refractivity contribution is -0.118. The monoisotopic (exact) mass is 301 g/mol. The van der Waals surface area contributed by atoms with E-state index in [9.17, 15) is 4.79 Å². The summed E-state index contributed by atoms with van der Waals surface area (Å²) >= 11 is 2.03. The molecule has 0 aromatic heterocycles. The van der Waals surface area contributed by atoms with Crippen molar-refractivity contribution >= 4 is 17.7 Å². The fraction of sp³-hybridized carbons (Fsp3) is 0.941. The molecule has 0 saturated carbocycles. The van der Waals surface area contributed by atoms with Gasteiger partial charge >= 0.3 is 0 Å². The zero-order valence-corrected chi connectivity index (χ0v) is 14.3. The minimum absolute atomic E-state index is 0.162. The number of carbonyl (C=O) groups excluding carboxylic acids is 1. The number of amides is 1. The summed E-state index contributed by atoms with van der Waals surface area (Å²) < 4.78 is 0. The van der Waals surface area contributed by atoms with Crippen LogP contribution in [0.4, 0.5) is 0 Å². The molecule has 0 heterocycles. The van der Waals surface area contributed by atoms with Crippen molar-refractivity contribution in [3.8, 4) is 0 Å². The zero-order chi connectivity index (χ0) is 14.9. The van der Waals surface area contributed by atoms with Gasteiger partial charge in [0.25, 0.3) is 0 Å². The molecule has 0 unspecified atom stereocenters. The zero-order valence-electron chi connectivity index (χ0n) is 13.5. The first kappa shape index (κ1) is 19.8. The Hall–Kier alpha value is -0.180. The molecule has 0 aliphatic heterocycles. The van der Waals surface area contributed by atoms with Crippen molar-refractivity contribution in [1.29, 1.82) is 0 Å². The molecular formula is C17H35NOS. The molecule has 0 atom stereocenters. The Bertz CT molecular complexity index is 209. The molecule has 0 aromatic carbocycles. The molecule has 2 N–H and O–H groups in total. The first-order chi connectivity index (χ1) is 9.77. The highest BCUT2D eigenvalue weighted by Crippen LogP contribution is 2.13. The van der Waals surface area contributed by atoms with E-state index >= 15 is 0 Å². The van der Waals surface area contributed by atoms with Crippen molar-refractivity contribution in [3.63, 3.8) is 0 Å². The number of hydrogen-bond acceptors (Lipinski definition) is 2. The highest BCUT2D eigenvalue weighted by Gasteiger charge is 1.96. The Morgan fingerprint density at radius 2 is 1.20 bits per heavy atom. The van der Waals surface area contributed by atoms with E-state index in [2.05, 4.69) is 6.92 Å². The minimum Gasteiger partial charge on any atom is -0.370 e. The molecule has 0 bridgehead atoms. The van der Waals surface area contributed by atoms with Crippen LogP contribution >= 0.6 is 11.8 Å². The highest BCUT2D eigenvalue weighted by atomic mass is 32.2. The maximum atomic E-state index is 10.5. The molecule has 0 aliphatic rings. The summed E-state index contributed by atoms with van der Waals surface area (Å²) in [6.07, 6.45) is 16.7. The second-order valence-corrected chi connectivity index (χ2v) is 6.94. The van der Waals surface area contributed by atoms with Crippen molar-refractivity contribution in [1.82, 2.24) is 0 Å². The average molecular weight is 302 g/mol. The molecule has 2 nitrogen and oxygen atoms in total. The quantitative estimate of drug-likeness (QED) is 0.393. The molecule has 0 aliphatic carbocycles. The fourth-order valence-electron chi connectivity index (χ4n) is 2.30. The number of carbonyl (C=O) groups is 1. The normalized spacial score (nSPS) is 10.8.